The van der Waals surface area contributed by atoms with Crippen molar-refractivity contribution in [3.63, 3.8) is 0 Å². The van der Waals surface area contributed by atoms with Crippen LogP contribution >= 0.6 is 24.0 Å². The quantitative estimate of drug-likeness (QED) is 0.126. The summed E-state index contributed by atoms with van der Waals surface area (Å²) >= 11 is 7.09. The van der Waals surface area contributed by atoms with Crippen LogP contribution in [0.1, 0.15) is 81.0 Å². The smallest absolute Gasteiger partial charge is 0.267 e. The second-order valence-corrected chi connectivity index (χ2v) is 11.7. The first-order chi connectivity index (χ1) is 19.2. The Bertz CT molecular complexity index is 1290. The van der Waals surface area contributed by atoms with Gasteiger partial charge in [-0.3, -0.25) is 9.69 Å². The molecular weight excluding hydrogens is 523 g/mol. The van der Waals surface area contributed by atoms with E-state index in [9.17, 15) is 4.79 Å². The predicted molar refractivity (Wildman–Crippen MR) is 164 cm³/mol. The highest BCUT2D eigenvalue weighted by molar-refractivity contribution is 8.26. The SMILES string of the molecule is CCCCCCCCCCOc1ccc(C=C2SC(=S)N(C3c4ccccc4Oc4ccccc43)C2=O)cc1. The highest BCUT2D eigenvalue weighted by atomic mass is 32.2. The molecular formula is C33H35NO3S2. The van der Waals surface area contributed by atoms with Crippen molar-refractivity contribution in [3.05, 3.63) is 94.4 Å². The molecule has 0 N–H and O–H groups in total. The van der Waals surface area contributed by atoms with Gasteiger partial charge < -0.3 is 9.47 Å². The predicted octanol–water partition coefficient (Wildman–Crippen LogP) is 9.30. The minimum Gasteiger partial charge on any atom is -0.494 e. The number of rotatable bonds is 12. The summed E-state index contributed by atoms with van der Waals surface area (Å²) in [5.74, 6) is 2.28. The Labute approximate surface area is 241 Å². The number of amides is 1. The minimum atomic E-state index is -0.323. The number of thiocarbonyl (C=S) groups is 1. The molecule has 3 aromatic carbocycles. The molecule has 2 aliphatic heterocycles. The van der Waals surface area contributed by atoms with Crippen molar-refractivity contribution in [3.8, 4) is 17.2 Å². The summed E-state index contributed by atoms with van der Waals surface area (Å²) in [6.07, 6.45) is 12.2. The van der Waals surface area contributed by atoms with E-state index >= 15 is 0 Å². The maximum absolute atomic E-state index is 13.7. The maximum atomic E-state index is 13.7. The fourth-order valence-corrected chi connectivity index (χ4v) is 6.42. The summed E-state index contributed by atoms with van der Waals surface area (Å²) in [5, 5.41) is 0. The zero-order valence-electron chi connectivity index (χ0n) is 22.4. The molecule has 0 aromatic heterocycles. The van der Waals surface area contributed by atoms with E-state index in [1.807, 2.05) is 78.9 Å². The monoisotopic (exact) mass is 557 g/mol. The third-order valence-corrected chi connectivity index (χ3v) is 8.50. The van der Waals surface area contributed by atoms with E-state index in [0.717, 1.165) is 47.0 Å². The van der Waals surface area contributed by atoms with Gasteiger partial charge in [0.15, 0.2) is 0 Å². The van der Waals surface area contributed by atoms with Gasteiger partial charge in [-0.25, -0.2) is 0 Å². The third-order valence-electron chi connectivity index (χ3n) is 7.17. The summed E-state index contributed by atoms with van der Waals surface area (Å²) in [5.41, 5.74) is 2.82. The van der Waals surface area contributed by atoms with Crippen molar-refractivity contribution >= 4 is 40.3 Å². The number of fused-ring (bicyclic) bond motifs is 2. The first-order valence-corrected chi connectivity index (χ1v) is 15.2. The van der Waals surface area contributed by atoms with Crippen molar-refractivity contribution in [1.82, 2.24) is 4.90 Å². The lowest BCUT2D eigenvalue weighted by atomic mass is 9.93. The molecule has 6 heteroatoms. The first-order valence-electron chi connectivity index (χ1n) is 14.0. The molecule has 0 bridgehead atoms. The summed E-state index contributed by atoms with van der Waals surface area (Å²) in [6.45, 7) is 2.99. The highest BCUT2D eigenvalue weighted by Gasteiger charge is 2.42. The van der Waals surface area contributed by atoms with E-state index in [4.69, 9.17) is 21.7 Å². The van der Waals surface area contributed by atoms with E-state index in [1.165, 1.54) is 56.7 Å². The zero-order chi connectivity index (χ0) is 27.0. The Kier molecular flexibility index (Phi) is 9.38. The summed E-state index contributed by atoms with van der Waals surface area (Å²) in [7, 11) is 0. The zero-order valence-corrected chi connectivity index (χ0v) is 24.1. The lowest BCUT2D eigenvalue weighted by Crippen LogP contribution is -2.34. The van der Waals surface area contributed by atoms with Crippen LogP contribution < -0.4 is 9.47 Å². The average molecular weight is 558 g/mol. The van der Waals surface area contributed by atoms with Crippen LogP contribution in [0.25, 0.3) is 6.08 Å². The van der Waals surface area contributed by atoms with Crippen molar-refractivity contribution < 1.29 is 14.3 Å². The van der Waals surface area contributed by atoms with Gasteiger partial charge in [0.2, 0.25) is 0 Å². The van der Waals surface area contributed by atoms with E-state index in [2.05, 4.69) is 6.92 Å². The summed E-state index contributed by atoms with van der Waals surface area (Å²) in [6, 6.07) is 23.3. The number of hydrogen-bond donors (Lipinski definition) is 0. The molecule has 0 saturated carbocycles. The Morgan fingerprint density at radius 2 is 1.44 bits per heavy atom. The fourth-order valence-electron chi connectivity index (χ4n) is 5.10. The Hall–Kier alpha value is -3.09. The van der Waals surface area contributed by atoms with Crippen LogP contribution in [0.5, 0.6) is 17.2 Å². The number of ether oxygens (including phenoxy) is 2. The van der Waals surface area contributed by atoms with E-state index in [0.29, 0.717) is 9.23 Å². The van der Waals surface area contributed by atoms with Gasteiger partial charge >= 0.3 is 0 Å². The normalized spacial score (nSPS) is 15.8. The molecule has 5 rings (SSSR count). The number of para-hydroxylation sites is 2. The van der Waals surface area contributed by atoms with E-state index in [1.54, 1.807) is 4.90 Å². The molecule has 1 amide bonds. The third kappa shape index (κ3) is 6.56. The Balaban J connectivity index is 1.21. The molecule has 0 atom stereocenters. The number of unbranched alkanes of at least 4 members (excludes halogenated alkanes) is 7. The minimum absolute atomic E-state index is 0.0865. The molecule has 0 aliphatic carbocycles. The molecule has 202 valence electrons. The number of carbonyl (C=O) groups is 1. The molecule has 39 heavy (non-hydrogen) atoms. The number of benzene rings is 3. The second-order valence-electron chi connectivity index (χ2n) is 10.0. The molecule has 2 heterocycles. The molecule has 3 aromatic rings. The van der Waals surface area contributed by atoms with Crippen molar-refractivity contribution in [2.45, 2.75) is 64.3 Å². The highest BCUT2D eigenvalue weighted by Crippen LogP contribution is 2.49. The molecule has 1 fully saturated rings. The lowest BCUT2D eigenvalue weighted by Gasteiger charge is -2.33. The standard InChI is InChI=1S/C33H35NO3S2/c1-2-3-4-5-6-7-8-13-22-36-25-20-18-24(19-21-25)23-30-32(35)34(33(38)39-30)31-26-14-9-11-16-28(26)37-29-17-12-10-15-27(29)31/h9-12,14-21,23,31H,2-8,13,22H2,1H3. The van der Waals surface area contributed by atoms with E-state index in [-0.39, 0.29) is 11.9 Å². The molecule has 2 aliphatic rings. The van der Waals surface area contributed by atoms with Crippen molar-refractivity contribution in [1.29, 1.82) is 0 Å². The number of nitrogens with zero attached hydrogens (tertiary/aromatic N) is 1. The molecule has 0 radical (unpaired) electrons. The van der Waals surface area contributed by atoms with Gasteiger partial charge in [0.25, 0.3) is 5.91 Å². The van der Waals surface area contributed by atoms with Crippen molar-refractivity contribution in [2.75, 3.05) is 6.61 Å². The van der Waals surface area contributed by atoms with Gasteiger partial charge in [-0.15, -0.1) is 0 Å². The van der Waals surface area contributed by atoms with Crippen molar-refractivity contribution in [2.24, 2.45) is 0 Å². The van der Waals surface area contributed by atoms with Gasteiger partial charge in [0, 0.05) is 11.1 Å². The maximum Gasteiger partial charge on any atom is 0.267 e. The van der Waals surface area contributed by atoms with Gasteiger partial charge in [-0.2, -0.15) is 0 Å². The number of hydrogen-bond acceptors (Lipinski definition) is 5. The molecule has 1 saturated heterocycles. The number of thioether (sulfide) groups is 1. The second kappa shape index (κ2) is 13.3. The van der Waals surface area contributed by atoms with Gasteiger partial charge in [0.1, 0.15) is 21.6 Å². The van der Waals surface area contributed by atoms with Crippen LogP contribution in [-0.2, 0) is 4.79 Å². The number of carbonyl (C=O) groups excluding carboxylic acids is 1. The fraction of sp³-hybridized carbons (Fsp3) is 0.333. The Morgan fingerprint density at radius 1 is 0.846 bits per heavy atom. The van der Waals surface area contributed by atoms with E-state index < -0.39 is 0 Å². The Morgan fingerprint density at radius 3 is 2.08 bits per heavy atom. The largest absolute Gasteiger partial charge is 0.494 e. The summed E-state index contributed by atoms with van der Waals surface area (Å²) in [4.78, 5) is 16.0. The van der Waals surface area contributed by atoms with Crippen LogP contribution in [0, 0.1) is 0 Å². The van der Waals surface area contributed by atoms with Crippen LogP contribution in [-0.4, -0.2) is 21.7 Å². The van der Waals surface area contributed by atoms with Gasteiger partial charge in [-0.1, -0.05) is 124 Å². The van der Waals surface area contributed by atoms with Crippen LogP contribution in [0.4, 0.5) is 0 Å². The average Bonchev–Trinajstić information content (AvgIpc) is 3.23. The molecule has 0 spiro atoms. The van der Waals surface area contributed by atoms with Crippen LogP contribution in [0.15, 0.2) is 77.7 Å². The van der Waals surface area contributed by atoms with Gasteiger partial charge in [0.05, 0.1) is 17.6 Å². The molecule has 4 nitrogen and oxygen atoms in total. The first kappa shape index (κ1) is 27.5. The molecule has 0 unspecified atom stereocenters. The summed E-state index contributed by atoms with van der Waals surface area (Å²) < 4.78 is 12.6. The van der Waals surface area contributed by atoms with Gasteiger partial charge in [-0.05, 0) is 42.3 Å². The lowest BCUT2D eigenvalue weighted by molar-refractivity contribution is -0.123. The van der Waals surface area contributed by atoms with Crippen LogP contribution in [0.3, 0.4) is 0 Å². The topological polar surface area (TPSA) is 38.8 Å². The van der Waals surface area contributed by atoms with Crippen LogP contribution in [0.2, 0.25) is 0 Å².